The number of aliphatic hydroxyl groups excluding tert-OH is 1. The fourth-order valence-electron chi connectivity index (χ4n) is 2.57. The van der Waals surface area contributed by atoms with Gasteiger partial charge in [0, 0.05) is 19.6 Å². The number of hydrogen-bond donors (Lipinski definition) is 2. The molecule has 1 amide bonds. The van der Waals surface area contributed by atoms with Gasteiger partial charge in [-0.25, -0.2) is 0 Å². The van der Waals surface area contributed by atoms with E-state index < -0.39 is 5.60 Å². The van der Waals surface area contributed by atoms with Crippen molar-refractivity contribution in [2.45, 2.75) is 39.0 Å². The molecule has 1 atom stereocenters. The third-order valence-corrected chi connectivity index (χ3v) is 3.34. The van der Waals surface area contributed by atoms with E-state index in [1.165, 1.54) is 6.20 Å². The molecule has 1 unspecified atom stereocenters. The lowest BCUT2D eigenvalue weighted by Crippen LogP contribution is -2.55. The van der Waals surface area contributed by atoms with Crippen molar-refractivity contribution in [3.05, 3.63) is 11.9 Å². The average Bonchev–Trinajstić information content (AvgIpc) is 2.77. The van der Waals surface area contributed by atoms with Crippen LogP contribution in [0.5, 0.6) is 0 Å². The zero-order chi connectivity index (χ0) is 14.9. The first-order chi connectivity index (χ1) is 9.38. The Bertz CT molecular complexity index is 498. The molecule has 1 aliphatic heterocycles. The molecule has 1 saturated heterocycles. The van der Waals surface area contributed by atoms with Crippen molar-refractivity contribution >= 4 is 11.6 Å². The summed E-state index contributed by atoms with van der Waals surface area (Å²) >= 11 is 0. The van der Waals surface area contributed by atoms with Gasteiger partial charge in [0.2, 0.25) is 0 Å². The quantitative estimate of drug-likeness (QED) is 0.820. The minimum Gasteiger partial charge on any atom is -0.396 e. The lowest BCUT2D eigenvalue weighted by Gasteiger charge is -2.42. The molecule has 0 spiro atoms. The van der Waals surface area contributed by atoms with E-state index in [2.05, 4.69) is 5.10 Å². The number of hydrogen-bond acceptors (Lipinski definition) is 5. The molecular formula is C13H22N4O3. The van der Waals surface area contributed by atoms with Gasteiger partial charge in [0.05, 0.1) is 30.2 Å². The highest BCUT2D eigenvalue weighted by atomic mass is 16.5. The highest BCUT2D eigenvalue weighted by Gasteiger charge is 2.36. The van der Waals surface area contributed by atoms with Gasteiger partial charge < -0.3 is 20.5 Å². The Kier molecular flexibility index (Phi) is 4.01. The molecule has 1 fully saturated rings. The van der Waals surface area contributed by atoms with E-state index in [9.17, 15) is 9.90 Å². The number of aryl methyl sites for hydroxylation is 1. The number of aliphatic hydroxyl groups is 1. The standard InChI is InChI=1S/C13H22N4O3/c1-4-17-11(10(14)5-15-17)12(19)16-6-9(7-18)20-13(2,3)8-16/h5,9,18H,4,6-8,14H2,1-3H3. The van der Waals surface area contributed by atoms with E-state index in [1.807, 2.05) is 20.8 Å². The number of nitrogen functional groups attached to an aromatic ring is 1. The van der Waals surface area contributed by atoms with Crippen LogP contribution >= 0.6 is 0 Å². The monoisotopic (exact) mass is 282 g/mol. The van der Waals surface area contributed by atoms with Crippen LogP contribution in [0.25, 0.3) is 0 Å². The summed E-state index contributed by atoms with van der Waals surface area (Å²) in [6.45, 7) is 6.98. The van der Waals surface area contributed by atoms with Gasteiger partial charge in [-0.3, -0.25) is 9.48 Å². The maximum Gasteiger partial charge on any atom is 0.274 e. The number of nitrogens with zero attached hydrogens (tertiary/aromatic N) is 3. The van der Waals surface area contributed by atoms with Crippen LogP contribution in [0.1, 0.15) is 31.3 Å². The molecule has 7 nitrogen and oxygen atoms in total. The molecule has 7 heteroatoms. The summed E-state index contributed by atoms with van der Waals surface area (Å²) in [6, 6.07) is 0. The molecule has 0 bridgehead atoms. The molecule has 2 heterocycles. The predicted octanol–water partition coefficient (Wildman–Crippen LogP) is 0.0971. The first-order valence-electron chi connectivity index (χ1n) is 6.77. The third kappa shape index (κ3) is 2.78. The van der Waals surface area contributed by atoms with Crippen LogP contribution in [-0.2, 0) is 11.3 Å². The lowest BCUT2D eigenvalue weighted by atomic mass is 10.0. The zero-order valence-corrected chi connectivity index (χ0v) is 12.2. The maximum atomic E-state index is 12.7. The zero-order valence-electron chi connectivity index (χ0n) is 12.2. The van der Waals surface area contributed by atoms with E-state index in [-0.39, 0.29) is 18.6 Å². The van der Waals surface area contributed by atoms with Gasteiger partial charge in [0.15, 0.2) is 0 Å². The predicted molar refractivity (Wildman–Crippen MR) is 74.3 cm³/mol. The van der Waals surface area contributed by atoms with Crippen molar-refractivity contribution in [1.29, 1.82) is 0 Å². The van der Waals surface area contributed by atoms with E-state index in [0.29, 0.717) is 31.0 Å². The summed E-state index contributed by atoms with van der Waals surface area (Å²) < 4.78 is 7.30. The number of amides is 1. The van der Waals surface area contributed by atoms with Gasteiger partial charge >= 0.3 is 0 Å². The summed E-state index contributed by atoms with van der Waals surface area (Å²) in [5.41, 5.74) is 6.14. The first kappa shape index (κ1) is 14.8. The molecule has 0 saturated carbocycles. The number of carbonyl (C=O) groups is 1. The van der Waals surface area contributed by atoms with Crippen molar-refractivity contribution in [3.8, 4) is 0 Å². The van der Waals surface area contributed by atoms with Crippen LogP contribution in [0.3, 0.4) is 0 Å². The minimum atomic E-state index is -0.493. The first-order valence-corrected chi connectivity index (χ1v) is 6.77. The summed E-state index contributed by atoms with van der Waals surface area (Å²) in [5.74, 6) is -0.170. The molecular weight excluding hydrogens is 260 g/mol. The van der Waals surface area contributed by atoms with Crippen molar-refractivity contribution in [2.24, 2.45) is 0 Å². The summed E-state index contributed by atoms with van der Waals surface area (Å²) in [5, 5.41) is 13.4. The number of ether oxygens (including phenoxy) is 1. The maximum absolute atomic E-state index is 12.7. The van der Waals surface area contributed by atoms with Gasteiger partial charge in [-0.05, 0) is 20.8 Å². The van der Waals surface area contributed by atoms with Crippen LogP contribution in [0.4, 0.5) is 5.69 Å². The SMILES string of the molecule is CCn1ncc(N)c1C(=O)N1CC(CO)OC(C)(C)C1. The average molecular weight is 282 g/mol. The van der Waals surface area contributed by atoms with Gasteiger partial charge in [0.25, 0.3) is 5.91 Å². The number of morpholine rings is 1. The largest absolute Gasteiger partial charge is 0.396 e. The smallest absolute Gasteiger partial charge is 0.274 e. The van der Waals surface area contributed by atoms with Crippen LogP contribution in [0, 0.1) is 0 Å². The highest BCUT2D eigenvalue weighted by molar-refractivity contribution is 5.97. The van der Waals surface area contributed by atoms with Crippen LogP contribution in [-0.4, -0.2) is 57.1 Å². The number of carbonyl (C=O) groups excluding carboxylic acids is 1. The van der Waals surface area contributed by atoms with Crippen LogP contribution in [0.2, 0.25) is 0 Å². The molecule has 0 aliphatic carbocycles. The third-order valence-electron chi connectivity index (χ3n) is 3.34. The number of aromatic nitrogens is 2. The van der Waals surface area contributed by atoms with E-state index in [4.69, 9.17) is 10.5 Å². The summed E-state index contributed by atoms with van der Waals surface area (Å²) in [4.78, 5) is 14.3. The molecule has 0 radical (unpaired) electrons. The topological polar surface area (TPSA) is 93.6 Å². The molecule has 3 N–H and O–H groups in total. The molecule has 1 aromatic rings. The summed E-state index contributed by atoms with van der Waals surface area (Å²) in [6.07, 6.45) is 1.12. The fraction of sp³-hybridized carbons (Fsp3) is 0.692. The summed E-state index contributed by atoms with van der Waals surface area (Å²) in [7, 11) is 0. The molecule has 0 aromatic carbocycles. The molecule has 1 aliphatic rings. The van der Waals surface area contributed by atoms with Crippen LogP contribution < -0.4 is 5.73 Å². The van der Waals surface area contributed by atoms with Gasteiger partial charge in [-0.1, -0.05) is 0 Å². The second kappa shape index (κ2) is 5.41. The van der Waals surface area contributed by atoms with Crippen molar-refractivity contribution < 1.29 is 14.6 Å². The van der Waals surface area contributed by atoms with Gasteiger partial charge in [-0.15, -0.1) is 0 Å². The Morgan fingerprint density at radius 1 is 1.65 bits per heavy atom. The second-order valence-corrected chi connectivity index (χ2v) is 5.63. The molecule has 112 valence electrons. The molecule has 20 heavy (non-hydrogen) atoms. The Morgan fingerprint density at radius 2 is 2.35 bits per heavy atom. The molecule has 1 aromatic heterocycles. The van der Waals surface area contributed by atoms with Gasteiger partial charge in [-0.2, -0.15) is 5.10 Å². The van der Waals surface area contributed by atoms with E-state index in [0.717, 1.165) is 0 Å². The number of anilines is 1. The Morgan fingerprint density at radius 3 is 2.95 bits per heavy atom. The molecule has 2 rings (SSSR count). The Labute approximate surface area is 118 Å². The fourth-order valence-corrected chi connectivity index (χ4v) is 2.57. The number of nitrogens with two attached hydrogens (primary N) is 1. The highest BCUT2D eigenvalue weighted by Crippen LogP contribution is 2.23. The van der Waals surface area contributed by atoms with Crippen LogP contribution in [0.15, 0.2) is 6.20 Å². The van der Waals surface area contributed by atoms with Crippen molar-refractivity contribution in [1.82, 2.24) is 14.7 Å². The number of rotatable bonds is 3. The second-order valence-electron chi connectivity index (χ2n) is 5.63. The lowest BCUT2D eigenvalue weighted by molar-refractivity contribution is -0.139. The van der Waals surface area contributed by atoms with Crippen molar-refractivity contribution in [3.63, 3.8) is 0 Å². The van der Waals surface area contributed by atoms with Crippen molar-refractivity contribution in [2.75, 3.05) is 25.4 Å². The van der Waals surface area contributed by atoms with E-state index in [1.54, 1.807) is 9.58 Å². The minimum absolute atomic E-state index is 0.115. The Hall–Kier alpha value is -1.60. The van der Waals surface area contributed by atoms with E-state index >= 15 is 0 Å². The Balaban J connectivity index is 2.26. The normalized spacial score (nSPS) is 22.0. The van der Waals surface area contributed by atoms with Gasteiger partial charge in [0.1, 0.15) is 5.69 Å².